The maximum atomic E-state index is 5.27. The van der Waals surface area contributed by atoms with Gasteiger partial charge in [0.1, 0.15) is 0 Å². The molecule has 0 aromatic rings. The molecular weight excluding hydrogens is 174 g/mol. The minimum Gasteiger partial charge on any atom is -0.383 e. The molecule has 1 saturated carbocycles. The highest BCUT2D eigenvalue weighted by Crippen LogP contribution is 2.30. The SMILES string of the molecule is CCNC(COC)C1CCC(C)CC1. The Hall–Kier alpha value is -0.0800. The molecule has 0 saturated heterocycles. The Morgan fingerprint density at radius 1 is 1.29 bits per heavy atom. The number of ether oxygens (including phenoxy) is 1. The summed E-state index contributed by atoms with van der Waals surface area (Å²) in [6.07, 6.45) is 5.55. The van der Waals surface area contributed by atoms with Gasteiger partial charge in [0.05, 0.1) is 6.61 Å². The summed E-state index contributed by atoms with van der Waals surface area (Å²) in [4.78, 5) is 0. The second kappa shape index (κ2) is 6.41. The summed E-state index contributed by atoms with van der Waals surface area (Å²) >= 11 is 0. The molecule has 0 radical (unpaired) electrons. The average Bonchev–Trinajstić information content (AvgIpc) is 2.19. The molecular formula is C12H25NO. The van der Waals surface area contributed by atoms with E-state index in [9.17, 15) is 0 Å². The van der Waals surface area contributed by atoms with Crippen LogP contribution in [0.5, 0.6) is 0 Å². The van der Waals surface area contributed by atoms with Crippen molar-refractivity contribution in [3.63, 3.8) is 0 Å². The molecule has 0 aromatic heterocycles. The smallest absolute Gasteiger partial charge is 0.0618 e. The van der Waals surface area contributed by atoms with Gasteiger partial charge in [0.25, 0.3) is 0 Å². The Morgan fingerprint density at radius 3 is 2.43 bits per heavy atom. The Bertz CT molecular complexity index is 135. The van der Waals surface area contributed by atoms with E-state index in [1.54, 1.807) is 7.11 Å². The monoisotopic (exact) mass is 199 g/mol. The molecule has 1 atom stereocenters. The number of likely N-dealkylation sites (N-methyl/N-ethyl adjacent to an activating group) is 1. The van der Waals surface area contributed by atoms with Crippen molar-refractivity contribution in [3.05, 3.63) is 0 Å². The third-order valence-corrected chi connectivity index (χ3v) is 3.44. The van der Waals surface area contributed by atoms with Crippen LogP contribution in [0.3, 0.4) is 0 Å². The van der Waals surface area contributed by atoms with E-state index in [0.29, 0.717) is 6.04 Å². The van der Waals surface area contributed by atoms with Crippen molar-refractivity contribution in [1.29, 1.82) is 0 Å². The van der Waals surface area contributed by atoms with Gasteiger partial charge in [0.15, 0.2) is 0 Å². The van der Waals surface area contributed by atoms with Crippen LogP contribution < -0.4 is 5.32 Å². The molecule has 1 unspecified atom stereocenters. The second-order valence-electron chi connectivity index (χ2n) is 4.64. The molecule has 14 heavy (non-hydrogen) atoms. The Balaban J connectivity index is 2.34. The molecule has 0 aromatic carbocycles. The van der Waals surface area contributed by atoms with Gasteiger partial charge in [-0.25, -0.2) is 0 Å². The summed E-state index contributed by atoms with van der Waals surface area (Å²) < 4.78 is 5.27. The van der Waals surface area contributed by atoms with Crippen LogP contribution in [-0.4, -0.2) is 26.3 Å². The normalized spacial score (nSPS) is 30.2. The van der Waals surface area contributed by atoms with Gasteiger partial charge >= 0.3 is 0 Å². The highest BCUT2D eigenvalue weighted by Gasteiger charge is 2.25. The second-order valence-corrected chi connectivity index (χ2v) is 4.64. The average molecular weight is 199 g/mol. The lowest BCUT2D eigenvalue weighted by molar-refractivity contribution is 0.119. The fourth-order valence-corrected chi connectivity index (χ4v) is 2.49. The van der Waals surface area contributed by atoms with Gasteiger partial charge in [-0.1, -0.05) is 26.7 Å². The van der Waals surface area contributed by atoms with Gasteiger partial charge in [-0.3, -0.25) is 0 Å². The summed E-state index contributed by atoms with van der Waals surface area (Å²) in [6.45, 7) is 6.47. The first kappa shape index (κ1) is 12.0. The van der Waals surface area contributed by atoms with Crippen LogP contribution in [0.2, 0.25) is 0 Å². The summed E-state index contributed by atoms with van der Waals surface area (Å²) in [5.41, 5.74) is 0. The molecule has 1 aliphatic carbocycles. The van der Waals surface area contributed by atoms with E-state index in [0.717, 1.165) is 25.0 Å². The first-order valence-corrected chi connectivity index (χ1v) is 6.00. The predicted molar refractivity (Wildman–Crippen MR) is 60.5 cm³/mol. The predicted octanol–water partition coefficient (Wildman–Crippen LogP) is 2.44. The molecule has 0 amide bonds. The number of hydrogen-bond donors (Lipinski definition) is 1. The number of rotatable bonds is 5. The van der Waals surface area contributed by atoms with Crippen molar-refractivity contribution in [2.24, 2.45) is 11.8 Å². The molecule has 1 rings (SSSR count). The van der Waals surface area contributed by atoms with E-state index in [2.05, 4.69) is 19.2 Å². The molecule has 0 aliphatic heterocycles. The van der Waals surface area contributed by atoms with Gasteiger partial charge in [-0.15, -0.1) is 0 Å². The minimum absolute atomic E-state index is 0.581. The molecule has 1 N–H and O–H groups in total. The van der Waals surface area contributed by atoms with Crippen molar-refractivity contribution < 1.29 is 4.74 Å². The van der Waals surface area contributed by atoms with Gasteiger partial charge in [-0.05, 0) is 31.2 Å². The van der Waals surface area contributed by atoms with Crippen molar-refractivity contribution in [2.45, 2.75) is 45.6 Å². The van der Waals surface area contributed by atoms with Crippen molar-refractivity contribution in [2.75, 3.05) is 20.3 Å². The third-order valence-electron chi connectivity index (χ3n) is 3.44. The van der Waals surface area contributed by atoms with Crippen LogP contribution >= 0.6 is 0 Å². The standard InChI is InChI=1S/C12H25NO/c1-4-13-12(9-14-3)11-7-5-10(2)6-8-11/h10-13H,4-9H2,1-3H3. The highest BCUT2D eigenvalue weighted by molar-refractivity contribution is 4.80. The van der Waals surface area contributed by atoms with Crippen LogP contribution in [0.4, 0.5) is 0 Å². The largest absolute Gasteiger partial charge is 0.383 e. The Morgan fingerprint density at radius 2 is 1.93 bits per heavy atom. The molecule has 84 valence electrons. The topological polar surface area (TPSA) is 21.3 Å². The summed E-state index contributed by atoms with van der Waals surface area (Å²) in [6, 6.07) is 0.581. The first-order chi connectivity index (χ1) is 6.77. The van der Waals surface area contributed by atoms with Gasteiger partial charge in [-0.2, -0.15) is 0 Å². The molecule has 0 bridgehead atoms. The zero-order valence-corrected chi connectivity index (χ0v) is 9.88. The van der Waals surface area contributed by atoms with E-state index in [1.807, 2.05) is 0 Å². The molecule has 0 spiro atoms. The molecule has 0 heterocycles. The van der Waals surface area contributed by atoms with Crippen molar-refractivity contribution in [3.8, 4) is 0 Å². The van der Waals surface area contributed by atoms with E-state index >= 15 is 0 Å². The van der Waals surface area contributed by atoms with Crippen molar-refractivity contribution in [1.82, 2.24) is 5.32 Å². The van der Waals surface area contributed by atoms with E-state index in [1.165, 1.54) is 25.7 Å². The number of methoxy groups -OCH3 is 1. The Labute approximate surface area is 88.4 Å². The summed E-state index contributed by atoms with van der Waals surface area (Å²) in [5.74, 6) is 1.78. The van der Waals surface area contributed by atoms with Crippen LogP contribution in [0.25, 0.3) is 0 Å². The quantitative estimate of drug-likeness (QED) is 0.734. The van der Waals surface area contributed by atoms with Gasteiger partial charge in [0.2, 0.25) is 0 Å². The fraction of sp³-hybridized carbons (Fsp3) is 1.00. The zero-order valence-electron chi connectivity index (χ0n) is 9.88. The number of nitrogens with one attached hydrogen (secondary N) is 1. The first-order valence-electron chi connectivity index (χ1n) is 6.00. The maximum absolute atomic E-state index is 5.27. The molecule has 2 heteroatoms. The highest BCUT2D eigenvalue weighted by atomic mass is 16.5. The van der Waals surface area contributed by atoms with E-state index in [-0.39, 0.29) is 0 Å². The van der Waals surface area contributed by atoms with Gasteiger partial charge < -0.3 is 10.1 Å². The van der Waals surface area contributed by atoms with E-state index < -0.39 is 0 Å². The summed E-state index contributed by atoms with van der Waals surface area (Å²) in [5, 5.41) is 3.54. The van der Waals surface area contributed by atoms with Crippen LogP contribution in [-0.2, 0) is 4.74 Å². The lowest BCUT2D eigenvalue weighted by Crippen LogP contribution is -2.41. The maximum Gasteiger partial charge on any atom is 0.0618 e. The molecule has 1 fully saturated rings. The summed E-state index contributed by atoms with van der Waals surface area (Å²) in [7, 11) is 1.80. The third kappa shape index (κ3) is 3.58. The molecule has 1 aliphatic rings. The van der Waals surface area contributed by atoms with Crippen LogP contribution in [0.15, 0.2) is 0 Å². The lowest BCUT2D eigenvalue weighted by atomic mass is 9.79. The zero-order chi connectivity index (χ0) is 10.4. The van der Waals surface area contributed by atoms with Crippen LogP contribution in [0, 0.1) is 11.8 Å². The van der Waals surface area contributed by atoms with E-state index in [4.69, 9.17) is 4.74 Å². The van der Waals surface area contributed by atoms with Crippen LogP contribution in [0.1, 0.15) is 39.5 Å². The van der Waals surface area contributed by atoms with Gasteiger partial charge in [0, 0.05) is 13.2 Å². The Kier molecular flexibility index (Phi) is 5.49. The number of hydrogen-bond acceptors (Lipinski definition) is 2. The van der Waals surface area contributed by atoms with Crippen molar-refractivity contribution >= 4 is 0 Å². The lowest BCUT2D eigenvalue weighted by Gasteiger charge is -2.32. The molecule has 2 nitrogen and oxygen atoms in total. The minimum atomic E-state index is 0.581. The fourth-order valence-electron chi connectivity index (χ4n) is 2.49.